The third-order valence-electron chi connectivity index (χ3n) is 3.06. The van der Waals surface area contributed by atoms with E-state index in [4.69, 9.17) is 5.11 Å². The van der Waals surface area contributed by atoms with Crippen molar-refractivity contribution in [2.45, 2.75) is 30.8 Å². The van der Waals surface area contributed by atoms with Gasteiger partial charge < -0.3 is 10.2 Å². The highest BCUT2D eigenvalue weighted by Gasteiger charge is 2.37. The van der Waals surface area contributed by atoms with Gasteiger partial charge in [0.15, 0.2) is 0 Å². The first-order valence-corrected chi connectivity index (χ1v) is 6.75. The number of rotatable bonds is 5. The quantitative estimate of drug-likeness (QED) is 0.793. The lowest BCUT2D eigenvalue weighted by Crippen LogP contribution is -2.36. The number of hydrogen-bond acceptors (Lipinski definition) is 3. The molecule has 0 aromatic heterocycles. The summed E-state index contributed by atoms with van der Waals surface area (Å²) in [6.07, 6.45) is 2.37. The van der Waals surface area contributed by atoms with Gasteiger partial charge in [0.25, 0.3) is 0 Å². The highest BCUT2D eigenvalue weighted by Crippen LogP contribution is 2.32. The minimum atomic E-state index is -1.34. The van der Waals surface area contributed by atoms with E-state index < -0.39 is 17.5 Å². The lowest BCUT2D eigenvalue weighted by Gasteiger charge is -2.29. The Morgan fingerprint density at radius 1 is 1.41 bits per heavy atom. The van der Waals surface area contributed by atoms with Gasteiger partial charge in [-0.15, -0.1) is 11.8 Å². The Morgan fingerprint density at radius 3 is 2.29 bits per heavy atom. The van der Waals surface area contributed by atoms with Crippen molar-refractivity contribution in [2.75, 3.05) is 6.26 Å². The summed E-state index contributed by atoms with van der Waals surface area (Å²) in [5.41, 5.74) is -0.693. The van der Waals surface area contributed by atoms with E-state index >= 15 is 0 Å². The van der Waals surface area contributed by atoms with Crippen LogP contribution in [0.2, 0.25) is 0 Å². The Balaban J connectivity index is 3.06. The van der Waals surface area contributed by atoms with Crippen molar-refractivity contribution in [1.82, 2.24) is 0 Å². The Bertz CT molecular complexity index is 384. The smallest absolute Gasteiger partial charge is 0.309 e. The van der Waals surface area contributed by atoms with E-state index in [1.807, 2.05) is 18.4 Å². The Morgan fingerprint density at radius 2 is 1.94 bits per heavy atom. The summed E-state index contributed by atoms with van der Waals surface area (Å²) >= 11 is 1.61. The fraction of sp³-hybridized carbons (Fsp3) is 0.462. The molecule has 1 rings (SSSR count). The second kappa shape index (κ2) is 5.56. The highest BCUT2D eigenvalue weighted by atomic mass is 32.2. The predicted molar refractivity (Wildman–Crippen MR) is 69.2 cm³/mol. The van der Waals surface area contributed by atoms with Gasteiger partial charge in [0.05, 0.1) is 5.92 Å². The molecule has 0 bridgehead atoms. The van der Waals surface area contributed by atoms with Crippen molar-refractivity contribution in [2.24, 2.45) is 5.92 Å². The number of carboxylic acid groups (broad SMARTS) is 1. The topological polar surface area (TPSA) is 57.5 Å². The van der Waals surface area contributed by atoms with Crippen LogP contribution in [0.25, 0.3) is 0 Å². The van der Waals surface area contributed by atoms with E-state index in [1.165, 1.54) is 0 Å². The number of thioether (sulfide) groups is 1. The Kier molecular flexibility index (Phi) is 4.60. The largest absolute Gasteiger partial charge is 0.481 e. The molecule has 0 aliphatic rings. The lowest BCUT2D eigenvalue weighted by molar-refractivity contribution is -0.152. The van der Waals surface area contributed by atoms with Gasteiger partial charge in [-0.25, -0.2) is 0 Å². The summed E-state index contributed by atoms with van der Waals surface area (Å²) in [5, 5.41) is 19.5. The Labute approximate surface area is 106 Å². The fourth-order valence-electron chi connectivity index (χ4n) is 1.94. The highest BCUT2D eigenvalue weighted by molar-refractivity contribution is 7.98. The number of carbonyl (C=O) groups is 1. The molecule has 94 valence electrons. The van der Waals surface area contributed by atoms with Gasteiger partial charge in [-0.05, 0) is 37.3 Å². The van der Waals surface area contributed by atoms with E-state index in [9.17, 15) is 9.90 Å². The summed E-state index contributed by atoms with van der Waals surface area (Å²) in [5.74, 6) is -1.76. The van der Waals surface area contributed by atoms with Gasteiger partial charge in [0.2, 0.25) is 0 Å². The third-order valence-corrected chi connectivity index (χ3v) is 3.80. The standard InChI is InChI=1S/C13H18O3S/c1-4-11(12(14)15)13(2,16)9-5-7-10(17-3)8-6-9/h5-8,11,16H,4H2,1-3H3,(H,14,15). The summed E-state index contributed by atoms with van der Waals surface area (Å²) in [7, 11) is 0. The molecule has 0 saturated heterocycles. The van der Waals surface area contributed by atoms with E-state index in [0.29, 0.717) is 12.0 Å². The number of aliphatic hydroxyl groups is 1. The maximum atomic E-state index is 11.1. The third kappa shape index (κ3) is 3.01. The van der Waals surface area contributed by atoms with E-state index in [1.54, 1.807) is 37.7 Å². The molecule has 0 saturated carbocycles. The Hall–Kier alpha value is -1.00. The van der Waals surface area contributed by atoms with Crippen LogP contribution in [0.4, 0.5) is 0 Å². The second-order valence-electron chi connectivity index (χ2n) is 4.18. The van der Waals surface area contributed by atoms with Gasteiger partial charge in [0, 0.05) is 4.90 Å². The van der Waals surface area contributed by atoms with Crippen molar-refractivity contribution in [3.05, 3.63) is 29.8 Å². The first-order chi connectivity index (χ1) is 7.93. The van der Waals surface area contributed by atoms with E-state index in [2.05, 4.69) is 0 Å². The molecular formula is C13H18O3S. The van der Waals surface area contributed by atoms with Crippen LogP contribution in [0, 0.1) is 5.92 Å². The molecule has 0 amide bonds. The van der Waals surface area contributed by atoms with Gasteiger partial charge in [-0.3, -0.25) is 4.79 Å². The first kappa shape index (κ1) is 14.1. The molecule has 0 fully saturated rings. The monoisotopic (exact) mass is 254 g/mol. The van der Waals surface area contributed by atoms with Gasteiger partial charge in [0.1, 0.15) is 5.60 Å². The van der Waals surface area contributed by atoms with Gasteiger partial charge >= 0.3 is 5.97 Å². The molecule has 2 atom stereocenters. The van der Waals surface area contributed by atoms with Crippen molar-refractivity contribution in [3.8, 4) is 0 Å². The van der Waals surface area contributed by atoms with Crippen LogP contribution in [-0.4, -0.2) is 22.4 Å². The summed E-state index contributed by atoms with van der Waals surface area (Å²) < 4.78 is 0. The zero-order valence-corrected chi connectivity index (χ0v) is 11.1. The van der Waals surface area contributed by atoms with Crippen LogP contribution < -0.4 is 0 Å². The average molecular weight is 254 g/mol. The number of carboxylic acids is 1. The van der Waals surface area contributed by atoms with Crippen LogP contribution in [-0.2, 0) is 10.4 Å². The van der Waals surface area contributed by atoms with Crippen LogP contribution >= 0.6 is 11.8 Å². The van der Waals surface area contributed by atoms with Crippen molar-refractivity contribution in [1.29, 1.82) is 0 Å². The molecule has 1 aromatic rings. The molecule has 0 aliphatic heterocycles. The molecule has 3 nitrogen and oxygen atoms in total. The molecule has 0 radical (unpaired) electrons. The fourth-order valence-corrected chi connectivity index (χ4v) is 2.35. The molecule has 2 N–H and O–H groups in total. The van der Waals surface area contributed by atoms with Crippen LogP contribution in [0.3, 0.4) is 0 Å². The predicted octanol–water partition coefficient (Wildman–Crippen LogP) is 2.73. The van der Waals surface area contributed by atoms with Gasteiger partial charge in [-0.1, -0.05) is 19.1 Å². The maximum absolute atomic E-state index is 11.1. The number of benzene rings is 1. The maximum Gasteiger partial charge on any atom is 0.309 e. The normalized spacial score (nSPS) is 16.2. The second-order valence-corrected chi connectivity index (χ2v) is 5.05. The van der Waals surface area contributed by atoms with E-state index in [-0.39, 0.29) is 0 Å². The van der Waals surface area contributed by atoms with Crippen LogP contribution in [0.15, 0.2) is 29.2 Å². The van der Waals surface area contributed by atoms with Crippen molar-refractivity contribution in [3.63, 3.8) is 0 Å². The minimum Gasteiger partial charge on any atom is -0.481 e. The van der Waals surface area contributed by atoms with Crippen molar-refractivity contribution >= 4 is 17.7 Å². The molecule has 4 heteroatoms. The van der Waals surface area contributed by atoms with Crippen LogP contribution in [0.1, 0.15) is 25.8 Å². The molecule has 0 heterocycles. The van der Waals surface area contributed by atoms with Crippen LogP contribution in [0.5, 0.6) is 0 Å². The van der Waals surface area contributed by atoms with Gasteiger partial charge in [-0.2, -0.15) is 0 Å². The zero-order chi connectivity index (χ0) is 13.1. The lowest BCUT2D eigenvalue weighted by atomic mass is 9.81. The van der Waals surface area contributed by atoms with E-state index in [0.717, 1.165) is 4.90 Å². The summed E-state index contributed by atoms with van der Waals surface area (Å²) in [6.45, 7) is 3.33. The molecule has 0 spiro atoms. The zero-order valence-electron chi connectivity index (χ0n) is 10.3. The number of hydrogen-bond donors (Lipinski definition) is 2. The molecule has 0 aliphatic carbocycles. The molecule has 17 heavy (non-hydrogen) atoms. The first-order valence-electron chi connectivity index (χ1n) is 5.53. The summed E-state index contributed by atoms with van der Waals surface area (Å²) in [6, 6.07) is 7.36. The average Bonchev–Trinajstić information content (AvgIpc) is 2.29. The molecular weight excluding hydrogens is 236 g/mol. The molecule has 1 aromatic carbocycles. The molecule has 2 unspecified atom stereocenters. The number of aliphatic carboxylic acids is 1. The minimum absolute atomic E-state index is 0.395. The summed E-state index contributed by atoms with van der Waals surface area (Å²) in [4.78, 5) is 12.2. The SMILES string of the molecule is CCC(C(=O)O)C(C)(O)c1ccc(SC)cc1. The van der Waals surface area contributed by atoms with Crippen molar-refractivity contribution < 1.29 is 15.0 Å².